The Balaban J connectivity index is 1.99. The molecule has 0 spiro atoms. The fourth-order valence-electron chi connectivity index (χ4n) is 3.35. The van der Waals surface area contributed by atoms with Gasteiger partial charge in [-0.25, -0.2) is 4.57 Å². The van der Waals surface area contributed by atoms with Gasteiger partial charge in [0.05, 0.1) is 5.56 Å². The van der Waals surface area contributed by atoms with Gasteiger partial charge in [0.15, 0.2) is 6.20 Å². The Hall–Kier alpha value is -2.93. The van der Waals surface area contributed by atoms with Crippen LogP contribution in [0.2, 0.25) is 0 Å². The van der Waals surface area contributed by atoms with E-state index < -0.39 is 0 Å². The van der Waals surface area contributed by atoms with Crippen molar-refractivity contribution >= 4 is 10.8 Å². The van der Waals surface area contributed by atoms with Gasteiger partial charge >= 0.3 is 0 Å². The lowest BCUT2D eigenvalue weighted by atomic mass is 9.95. The highest BCUT2D eigenvalue weighted by molar-refractivity contribution is 5.97. The van der Waals surface area contributed by atoms with Crippen LogP contribution < -0.4 is 4.57 Å². The molecule has 1 nitrogen and oxygen atoms in total. The molecule has 0 saturated heterocycles. The number of nitrogens with zero attached hydrogens (tertiary/aromatic N) is 1. The Bertz CT molecular complexity index is 1020. The summed E-state index contributed by atoms with van der Waals surface area (Å²) >= 11 is 0. The van der Waals surface area contributed by atoms with Crippen LogP contribution in [0.4, 0.5) is 0 Å². The number of rotatable bonds is 2. The minimum Gasteiger partial charge on any atom is -0.201 e. The second-order valence-electron chi connectivity index (χ2n) is 6.26. The Kier molecular flexibility index (Phi) is 3.62. The van der Waals surface area contributed by atoms with E-state index in [1.165, 1.54) is 38.7 Å². The molecule has 4 rings (SSSR count). The van der Waals surface area contributed by atoms with Crippen LogP contribution in [0.15, 0.2) is 85.1 Å². The van der Waals surface area contributed by atoms with E-state index in [2.05, 4.69) is 104 Å². The first-order chi connectivity index (χ1) is 11.7. The highest BCUT2D eigenvalue weighted by Gasteiger charge is 2.17. The Labute approximate surface area is 142 Å². The third-order valence-corrected chi connectivity index (χ3v) is 4.65. The van der Waals surface area contributed by atoms with E-state index in [4.69, 9.17) is 0 Å². The average Bonchev–Trinajstić information content (AvgIpc) is 2.63. The van der Waals surface area contributed by atoms with Crippen molar-refractivity contribution in [3.63, 3.8) is 0 Å². The average molecular weight is 310 g/mol. The monoisotopic (exact) mass is 310 g/mol. The van der Waals surface area contributed by atoms with Crippen LogP contribution in [-0.2, 0) is 7.05 Å². The van der Waals surface area contributed by atoms with Crippen LogP contribution in [0, 0.1) is 6.92 Å². The molecule has 4 aromatic rings. The fourth-order valence-corrected chi connectivity index (χ4v) is 3.35. The van der Waals surface area contributed by atoms with Gasteiger partial charge in [0, 0.05) is 12.1 Å². The summed E-state index contributed by atoms with van der Waals surface area (Å²) in [6.07, 6.45) is 2.15. The van der Waals surface area contributed by atoms with E-state index in [0.29, 0.717) is 0 Å². The molecule has 0 fully saturated rings. The molecular weight excluding hydrogens is 290 g/mol. The van der Waals surface area contributed by atoms with Crippen molar-refractivity contribution in [1.82, 2.24) is 0 Å². The van der Waals surface area contributed by atoms with E-state index >= 15 is 0 Å². The summed E-state index contributed by atoms with van der Waals surface area (Å²) in [6, 6.07) is 28.1. The molecule has 3 aromatic carbocycles. The molecule has 0 aliphatic carbocycles. The summed E-state index contributed by atoms with van der Waals surface area (Å²) in [6.45, 7) is 2.19. The Morgan fingerprint density at radius 2 is 1.46 bits per heavy atom. The van der Waals surface area contributed by atoms with Crippen molar-refractivity contribution in [2.45, 2.75) is 6.92 Å². The molecule has 0 bridgehead atoms. The summed E-state index contributed by atoms with van der Waals surface area (Å²) in [5, 5.41) is 2.58. The molecule has 0 unspecified atom stereocenters. The van der Waals surface area contributed by atoms with Gasteiger partial charge in [0.2, 0.25) is 5.69 Å². The van der Waals surface area contributed by atoms with Gasteiger partial charge in [-0.2, -0.15) is 0 Å². The molecule has 0 aliphatic rings. The molecule has 1 heterocycles. The predicted molar refractivity (Wildman–Crippen MR) is 101 cm³/mol. The maximum absolute atomic E-state index is 2.30. The van der Waals surface area contributed by atoms with Crippen LogP contribution in [0.25, 0.3) is 33.2 Å². The Morgan fingerprint density at radius 1 is 0.708 bits per heavy atom. The molecule has 116 valence electrons. The SMILES string of the molecule is Cc1ccc2ccccc2c1-c1cc(-c2ccccc2)cc[n+]1C. The number of benzene rings is 3. The second kappa shape index (κ2) is 5.93. The number of fused-ring (bicyclic) bond motifs is 1. The standard InChI is InChI=1S/C23H20N/c1-17-12-13-19-10-6-7-11-21(19)23(17)22-16-20(14-15-24(22)2)18-8-4-3-5-9-18/h3-16H,1-2H3/q+1. The molecule has 24 heavy (non-hydrogen) atoms. The molecular formula is C23H20N+. The van der Waals surface area contributed by atoms with E-state index in [9.17, 15) is 0 Å². The number of hydrogen-bond donors (Lipinski definition) is 0. The molecule has 0 saturated carbocycles. The first-order valence-corrected chi connectivity index (χ1v) is 8.28. The van der Waals surface area contributed by atoms with Gasteiger partial charge in [-0.3, -0.25) is 0 Å². The van der Waals surface area contributed by atoms with Crippen LogP contribution >= 0.6 is 0 Å². The molecule has 0 N–H and O–H groups in total. The van der Waals surface area contributed by atoms with Crippen molar-refractivity contribution in [3.8, 4) is 22.4 Å². The summed E-state index contributed by atoms with van der Waals surface area (Å²) in [7, 11) is 2.12. The van der Waals surface area contributed by atoms with Crippen molar-refractivity contribution < 1.29 is 4.57 Å². The zero-order chi connectivity index (χ0) is 16.5. The molecule has 0 atom stereocenters. The second-order valence-corrected chi connectivity index (χ2v) is 6.26. The molecule has 0 radical (unpaired) electrons. The minimum absolute atomic E-state index is 1.24. The number of aromatic nitrogens is 1. The quantitative estimate of drug-likeness (QED) is 0.442. The highest BCUT2D eigenvalue weighted by Crippen LogP contribution is 2.31. The number of aryl methyl sites for hydroxylation is 2. The van der Waals surface area contributed by atoms with E-state index in [1.807, 2.05) is 0 Å². The van der Waals surface area contributed by atoms with Gasteiger partial charge in [-0.1, -0.05) is 66.7 Å². The van der Waals surface area contributed by atoms with Crippen LogP contribution in [-0.4, -0.2) is 0 Å². The molecule has 0 amide bonds. The fraction of sp³-hybridized carbons (Fsp3) is 0.0870. The van der Waals surface area contributed by atoms with E-state index in [0.717, 1.165) is 0 Å². The summed E-state index contributed by atoms with van der Waals surface area (Å²) in [4.78, 5) is 0. The van der Waals surface area contributed by atoms with Crippen molar-refractivity contribution in [2.75, 3.05) is 0 Å². The van der Waals surface area contributed by atoms with Gasteiger partial charge < -0.3 is 0 Å². The van der Waals surface area contributed by atoms with Gasteiger partial charge in [0.1, 0.15) is 7.05 Å². The predicted octanol–water partition coefficient (Wildman–Crippen LogP) is 5.31. The topological polar surface area (TPSA) is 3.88 Å². The van der Waals surface area contributed by atoms with Gasteiger partial charge in [0.25, 0.3) is 0 Å². The Morgan fingerprint density at radius 3 is 2.29 bits per heavy atom. The van der Waals surface area contributed by atoms with E-state index in [1.54, 1.807) is 0 Å². The molecule has 1 heteroatoms. The lowest BCUT2D eigenvalue weighted by Gasteiger charge is -2.10. The minimum atomic E-state index is 1.24. The zero-order valence-electron chi connectivity index (χ0n) is 14.0. The highest BCUT2D eigenvalue weighted by atomic mass is 14.9. The van der Waals surface area contributed by atoms with Crippen molar-refractivity contribution in [2.24, 2.45) is 7.05 Å². The largest absolute Gasteiger partial charge is 0.213 e. The molecule has 0 aliphatic heterocycles. The zero-order valence-corrected chi connectivity index (χ0v) is 14.0. The first-order valence-electron chi connectivity index (χ1n) is 8.28. The maximum Gasteiger partial charge on any atom is 0.213 e. The van der Waals surface area contributed by atoms with Gasteiger partial charge in [-0.05, 0) is 34.4 Å². The smallest absolute Gasteiger partial charge is 0.201 e. The first kappa shape index (κ1) is 14.6. The third kappa shape index (κ3) is 2.48. The summed E-state index contributed by atoms with van der Waals surface area (Å²) < 4.78 is 2.21. The summed E-state index contributed by atoms with van der Waals surface area (Å²) in [5.41, 5.74) is 6.35. The third-order valence-electron chi connectivity index (χ3n) is 4.65. The van der Waals surface area contributed by atoms with Crippen molar-refractivity contribution in [3.05, 3.63) is 90.6 Å². The van der Waals surface area contributed by atoms with Gasteiger partial charge in [-0.15, -0.1) is 0 Å². The van der Waals surface area contributed by atoms with Crippen LogP contribution in [0.3, 0.4) is 0 Å². The number of hydrogen-bond acceptors (Lipinski definition) is 0. The van der Waals surface area contributed by atoms with Crippen LogP contribution in [0.5, 0.6) is 0 Å². The summed E-state index contributed by atoms with van der Waals surface area (Å²) in [5.74, 6) is 0. The van der Waals surface area contributed by atoms with Crippen LogP contribution in [0.1, 0.15) is 5.56 Å². The maximum atomic E-state index is 2.30. The lowest BCUT2D eigenvalue weighted by molar-refractivity contribution is -0.660. The van der Waals surface area contributed by atoms with Crippen molar-refractivity contribution in [1.29, 1.82) is 0 Å². The normalized spacial score (nSPS) is 10.9. The number of pyridine rings is 1. The lowest BCUT2D eigenvalue weighted by Crippen LogP contribution is -2.30. The molecule has 1 aromatic heterocycles. The van der Waals surface area contributed by atoms with E-state index in [-0.39, 0.29) is 0 Å².